The molecule has 7 heteroatoms. The first-order valence-corrected chi connectivity index (χ1v) is 9.60. The van der Waals surface area contributed by atoms with Crippen LogP contribution in [-0.2, 0) is 9.53 Å². The maximum Gasteiger partial charge on any atom is 0.328 e. The molecule has 0 bridgehead atoms. The number of esters is 1. The lowest BCUT2D eigenvalue weighted by Gasteiger charge is -2.22. The molecule has 3 aromatic rings. The molecule has 4 rings (SSSR count). The second kappa shape index (κ2) is 8.41. The summed E-state index contributed by atoms with van der Waals surface area (Å²) in [5.41, 5.74) is 1.37. The SMILES string of the molecule is COC(=O)[C@H]1C[C@@H](Oc2ccccc2F)CN1C(=O)c1ccc(-n2cccc2)cc1. The third-order valence-corrected chi connectivity index (χ3v) is 5.14. The number of benzene rings is 2. The van der Waals surface area contributed by atoms with E-state index in [0.29, 0.717) is 5.56 Å². The van der Waals surface area contributed by atoms with Crippen LogP contribution in [0.4, 0.5) is 4.39 Å². The van der Waals surface area contributed by atoms with Crippen molar-refractivity contribution in [1.29, 1.82) is 0 Å². The minimum Gasteiger partial charge on any atom is -0.485 e. The number of ether oxygens (including phenoxy) is 2. The first-order chi connectivity index (χ1) is 14.6. The van der Waals surface area contributed by atoms with Crippen LogP contribution in [0.3, 0.4) is 0 Å². The molecule has 30 heavy (non-hydrogen) atoms. The molecule has 0 radical (unpaired) electrons. The number of hydrogen-bond acceptors (Lipinski definition) is 4. The van der Waals surface area contributed by atoms with Gasteiger partial charge >= 0.3 is 5.97 Å². The summed E-state index contributed by atoms with van der Waals surface area (Å²) in [6.07, 6.45) is 3.53. The fourth-order valence-electron chi connectivity index (χ4n) is 3.64. The predicted octanol–water partition coefficient (Wildman–Crippen LogP) is 3.45. The van der Waals surface area contributed by atoms with Gasteiger partial charge in [0.1, 0.15) is 12.1 Å². The van der Waals surface area contributed by atoms with Gasteiger partial charge in [0.15, 0.2) is 11.6 Å². The average Bonchev–Trinajstić information content (AvgIpc) is 3.45. The Morgan fingerprint density at radius 1 is 1.00 bits per heavy atom. The molecule has 2 atom stereocenters. The van der Waals surface area contributed by atoms with Gasteiger partial charge in [0.05, 0.1) is 13.7 Å². The lowest BCUT2D eigenvalue weighted by molar-refractivity contribution is -0.145. The minimum absolute atomic E-state index is 0.0940. The zero-order valence-corrected chi connectivity index (χ0v) is 16.4. The first-order valence-electron chi connectivity index (χ1n) is 9.60. The summed E-state index contributed by atoms with van der Waals surface area (Å²) in [5.74, 6) is -1.22. The molecular formula is C23H21FN2O4. The van der Waals surface area contributed by atoms with E-state index in [1.165, 1.54) is 24.1 Å². The van der Waals surface area contributed by atoms with Crippen molar-refractivity contribution < 1.29 is 23.5 Å². The van der Waals surface area contributed by atoms with Crippen LogP contribution < -0.4 is 4.74 Å². The zero-order chi connectivity index (χ0) is 21.1. The summed E-state index contributed by atoms with van der Waals surface area (Å²) >= 11 is 0. The highest BCUT2D eigenvalue weighted by Gasteiger charge is 2.42. The third kappa shape index (κ3) is 3.91. The van der Waals surface area contributed by atoms with E-state index in [9.17, 15) is 14.0 Å². The number of rotatable bonds is 5. The van der Waals surface area contributed by atoms with Crippen LogP contribution in [0.1, 0.15) is 16.8 Å². The van der Waals surface area contributed by atoms with E-state index in [0.717, 1.165) is 5.69 Å². The molecule has 0 spiro atoms. The third-order valence-electron chi connectivity index (χ3n) is 5.14. The number of likely N-dealkylation sites (tertiary alicyclic amines) is 1. The van der Waals surface area contributed by atoms with Crippen LogP contribution in [0.25, 0.3) is 5.69 Å². The van der Waals surface area contributed by atoms with E-state index in [1.807, 2.05) is 41.2 Å². The summed E-state index contributed by atoms with van der Waals surface area (Å²) in [5, 5.41) is 0. The van der Waals surface area contributed by atoms with Crippen molar-refractivity contribution in [3.8, 4) is 11.4 Å². The molecule has 0 N–H and O–H groups in total. The molecule has 1 aliphatic rings. The Kier molecular flexibility index (Phi) is 5.52. The van der Waals surface area contributed by atoms with E-state index in [2.05, 4.69) is 0 Å². The van der Waals surface area contributed by atoms with Crippen molar-refractivity contribution in [2.75, 3.05) is 13.7 Å². The smallest absolute Gasteiger partial charge is 0.328 e. The number of aromatic nitrogens is 1. The van der Waals surface area contributed by atoms with Crippen molar-refractivity contribution in [2.24, 2.45) is 0 Å². The lowest BCUT2D eigenvalue weighted by Crippen LogP contribution is -2.41. The number of hydrogen-bond donors (Lipinski definition) is 0. The molecule has 1 fully saturated rings. The van der Waals surface area contributed by atoms with Crippen LogP contribution in [0.2, 0.25) is 0 Å². The Morgan fingerprint density at radius 3 is 2.37 bits per heavy atom. The fourth-order valence-corrected chi connectivity index (χ4v) is 3.64. The Labute approximate surface area is 173 Å². The summed E-state index contributed by atoms with van der Waals surface area (Å²) < 4.78 is 26.5. The van der Waals surface area contributed by atoms with E-state index in [1.54, 1.807) is 24.3 Å². The molecule has 0 aliphatic carbocycles. The van der Waals surface area contributed by atoms with Gasteiger partial charge in [-0.15, -0.1) is 0 Å². The maximum absolute atomic E-state index is 13.9. The van der Waals surface area contributed by atoms with Gasteiger partial charge in [-0.2, -0.15) is 0 Å². The quantitative estimate of drug-likeness (QED) is 0.607. The number of amides is 1. The Morgan fingerprint density at radius 2 is 1.70 bits per heavy atom. The van der Waals surface area contributed by atoms with Crippen molar-refractivity contribution in [1.82, 2.24) is 9.47 Å². The first kappa shape index (κ1) is 19.7. The van der Waals surface area contributed by atoms with Gasteiger partial charge in [-0.1, -0.05) is 12.1 Å². The van der Waals surface area contributed by atoms with Gasteiger partial charge in [-0.05, 0) is 48.5 Å². The van der Waals surface area contributed by atoms with Gasteiger partial charge < -0.3 is 18.9 Å². The second-order valence-electron chi connectivity index (χ2n) is 7.04. The zero-order valence-electron chi connectivity index (χ0n) is 16.4. The van der Waals surface area contributed by atoms with E-state index in [-0.39, 0.29) is 24.6 Å². The molecule has 0 saturated carbocycles. The van der Waals surface area contributed by atoms with Crippen molar-refractivity contribution >= 4 is 11.9 Å². The fraction of sp³-hybridized carbons (Fsp3) is 0.217. The highest BCUT2D eigenvalue weighted by Crippen LogP contribution is 2.27. The van der Waals surface area contributed by atoms with E-state index >= 15 is 0 Å². The molecule has 1 amide bonds. The number of para-hydroxylation sites is 1. The topological polar surface area (TPSA) is 60.8 Å². The van der Waals surface area contributed by atoms with Crippen LogP contribution in [0.5, 0.6) is 5.75 Å². The molecular weight excluding hydrogens is 387 g/mol. The number of carbonyl (C=O) groups excluding carboxylic acids is 2. The van der Waals surface area contributed by atoms with Crippen molar-refractivity contribution in [3.05, 3.63) is 84.4 Å². The Bertz CT molecular complexity index is 1030. The van der Waals surface area contributed by atoms with E-state index in [4.69, 9.17) is 9.47 Å². The van der Waals surface area contributed by atoms with Gasteiger partial charge in [0.2, 0.25) is 0 Å². The molecule has 0 unspecified atom stereocenters. The number of methoxy groups -OCH3 is 1. The standard InChI is InChI=1S/C23H21FN2O4/c1-29-23(28)20-14-18(30-21-7-3-2-6-19(21)24)15-26(20)22(27)16-8-10-17(11-9-16)25-12-4-5-13-25/h2-13,18,20H,14-15H2,1H3/t18-,20-/m1/s1. The average molecular weight is 408 g/mol. The largest absolute Gasteiger partial charge is 0.485 e. The van der Waals surface area contributed by atoms with Crippen molar-refractivity contribution in [3.63, 3.8) is 0 Å². The monoisotopic (exact) mass is 408 g/mol. The normalized spacial score (nSPS) is 18.3. The molecule has 2 aromatic carbocycles. The van der Waals surface area contributed by atoms with Crippen LogP contribution in [-0.4, -0.2) is 47.1 Å². The summed E-state index contributed by atoms with van der Waals surface area (Å²) in [6.45, 7) is 0.159. The van der Waals surface area contributed by atoms with Gasteiger partial charge in [0.25, 0.3) is 5.91 Å². The summed E-state index contributed by atoms with van der Waals surface area (Å²) in [7, 11) is 1.28. The molecule has 1 aliphatic heterocycles. The molecule has 154 valence electrons. The number of halogens is 1. The molecule has 2 heterocycles. The predicted molar refractivity (Wildman–Crippen MR) is 108 cm³/mol. The van der Waals surface area contributed by atoms with Gasteiger partial charge in [0, 0.05) is 30.1 Å². The Balaban J connectivity index is 1.53. The minimum atomic E-state index is -0.789. The molecule has 1 aromatic heterocycles. The van der Waals surface area contributed by atoms with Crippen LogP contribution >= 0.6 is 0 Å². The Hall–Kier alpha value is -3.61. The maximum atomic E-state index is 13.9. The van der Waals surface area contributed by atoms with Gasteiger partial charge in [-0.25, -0.2) is 9.18 Å². The molecule has 6 nitrogen and oxygen atoms in total. The number of carbonyl (C=O) groups is 2. The van der Waals surface area contributed by atoms with E-state index < -0.39 is 23.9 Å². The van der Waals surface area contributed by atoms with Crippen LogP contribution in [0.15, 0.2) is 73.1 Å². The van der Waals surface area contributed by atoms with Gasteiger partial charge in [-0.3, -0.25) is 4.79 Å². The molecule has 1 saturated heterocycles. The summed E-state index contributed by atoms with van der Waals surface area (Å²) in [6, 6.07) is 16.2. The number of nitrogens with zero attached hydrogens (tertiary/aromatic N) is 2. The highest BCUT2D eigenvalue weighted by atomic mass is 19.1. The van der Waals surface area contributed by atoms with Crippen LogP contribution in [0, 0.1) is 5.82 Å². The second-order valence-corrected chi connectivity index (χ2v) is 7.04. The lowest BCUT2D eigenvalue weighted by atomic mass is 10.1. The van der Waals surface area contributed by atoms with Crippen molar-refractivity contribution in [2.45, 2.75) is 18.6 Å². The summed E-state index contributed by atoms with van der Waals surface area (Å²) in [4.78, 5) is 26.8. The highest BCUT2D eigenvalue weighted by molar-refractivity contribution is 5.97.